The highest BCUT2D eigenvalue weighted by molar-refractivity contribution is 5.20. The van der Waals surface area contributed by atoms with Crippen LogP contribution in [0, 0.1) is 0 Å². The van der Waals surface area contributed by atoms with E-state index in [0.717, 1.165) is 18.8 Å². The molecule has 0 aromatic heterocycles. The lowest BCUT2D eigenvalue weighted by molar-refractivity contribution is -0.0285. The Balaban J connectivity index is 1.59. The van der Waals surface area contributed by atoms with Crippen LogP contribution >= 0.6 is 0 Å². The number of benzene rings is 1. The van der Waals surface area contributed by atoms with Crippen molar-refractivity contribution >= 4 is 0 Å². The van der Waals surface area contributed by atoms with Crippen molar-refractivity contribution in [1.29, 1.82) is 0 Å². The predicted octanol–water partition coefficient (Wildman–Crippen LogP) is 8.53. The average molecular weight is 875 g/mol. The number of unbranched alkanes of at least 4 members (excludes halogenated alkanes) is 15. The molecule has 1 aromatic carbocycles. The Morgan fingerprint density at radius 3 is 0.705 bits per heavy atom. The molecular weight excluding hydrogens is 785 g/mol. The molecule has 0 aliphatic heterocycles. The Bertz CT molecular complexity index is 917. The number of hydrogen-bond donors (Lipinski definition) is 0. The summed E-state index contributed by atoms with van der Waals surface area (Å²) in [6.07, 6.45) is 22.2. The maximum absolute atomic E-state index is 5.70. The van der Waals surface area contributed by atoms with Crippen LogP contribution in [-0.2, 0) is 56.8 Å². The van der Waals surface area contributed by atoms with E-state index < -0.39 is 0 Å². The van der Waals surface area contributed by atoms with Crippen LogP contribution in [0.1, 0.15) is 110 Å². The van der Waals surface area contributed by atoms with E-state index in [1.54, 1.807) is 0 Å². The summed E-state index contributed by atoms with van der Waals surface area (Å²) in [5, 5.41) is 0. The van der Waals surface area contributed by atoms with Gasteiger partial charge in [-0.25, -0.2) is 0 Å². The molecule has 1 aromatic rings. The normalized spacial score (nSPS) is 11.6. The fourth-order valence-corrected chi connectivity index (χ4v) is 6.01. The van der Waals surface area contributed by atoms with E-state index in [4.69, 9.17) is 61.6 Å². The third-order valence-electron chi connectivity index (χ3n) is 9.47. The summed E-state index contributed by atoms with van der Waals surface area (Å²) in [6.45, 7) is 15.9. The van der Waals surface area contributed by atoms with Crippen LogP contribution in [0.15, 0.2) is 30.3 Å². The zero-order valence-electron chi connectivity index (χ0n) is 38.7. The molecule has 360 valence electrons. The van der Waals surface area contributed by atoms with E-state index in [0.29, 0.717) is 159 Å². The maximum atomic E-state index is 5.70. The van der Waals surface area contributed by atoms with Crippen LogP contribution in [0.4, 0.5) is 0 Å². The van der Waals surface area contributed by atoms with E-state index in [1.165, 1.54) is 96.3 Å². The van der Waals surface area contributed by atoms with Crippen molar-refractivity contribution in [3.8, 4) is 5.75 Å². The van der Waals surface area contributed by atoms with Gasteiger partial charge in [-0.2, -0.15) is 0 Å². The fourth-order valence-electron chi connectivity index (χ4n) is 6.01. The van der Waals surface area contributed by atoms with Gasteiger partial charge in [0.15, 0.2) is 0 Å². The molecule has 1 rings (SSSR count). The molecule has 0 fully saturated rings. The van der Waals surface area contributed by atoms with Gasteiger partial charge in [-0.3, -0.25) is 0 Å². The second kappa shape index (κ2) is 52.9. The minimum absolute atomic E-state index is 0.512. The van der Waals surface area contributed by atoms with Gasteiger partial charge in [-0.15, -0.1) is 0 Å². The number of ether oxygens (including phenoxy) is 13. The smallest absolute Gasteiger partial charge is 0.119 e. The lowest BCUT2D eigenvalue weighted by Crippen LogP contribution is -2.15. The zero-order chi connectivity index (χ0) is 43.3. The average Bonchev–Trinajstić information content (AvgIpc) is 3.28. The van der Waals surface area contributed by atoms with Crippen LogP contribution in [0.2, 0.25) is 0 Å². The first-order valence-corrected chi connectivity index (χ1v) is 24.0. The lowest BCUT2D eigenvalue weighted by Gasteiger charge is -2.09. The quantitative estimate of drug-likeness (QED) is 0.0583. The molecule has 0 amide bonds. The van der Waals surface area contributed by atoms with Gasteiger partial charge in [0.05, 0.1) is 152 Å². The van der Waals surface area contributed by atoms with Gasteiger partial charge in [-0.1, -0.05) is 121 Å². The highest BCUT2D eigenvalue weighted by Gasteiger charge is 1.99. The van der Waals surface area contributed by atoms with E-state index in [2.05, 4.69) is 6.92 Å². The molecule has 0 aliphatic rings. The minimum Gasteiger partial charge on any atom is -0.491 e. The fraction of sp³-hybridized carbons (Fsp3) is 0.875. The standard InChI is InChI=1S/C48H90O13/c1-2-3-4-5-6-7-8-9-10-11-12-13-14-15-16-20-23-49-24-25-50-26-27-51-28-29-52-30-31-53-32-33-54-34-35-55-36-37-56-38-39-57-40-41-58-42-43-59-44-45-60-46-47-61-48-21-18-17-19-22-48/h17-19,21-22H,2-16,20,23-47H2,1H3. The summed E-state index contributed by atoms with van der Waals surface area (Å²) in [7, 11) is 0. The monoisotopic (exact) mass is 875 g/mol. The summed E-state index contributed by atoms with van der Waals surface area (Å²) in [5.41, 5.74) is 0. The van der Waals surface area contributed by atoms with Gasteiger partial charge < -0.3 is 61.6 Å². The van der Waals surface area contributed by atoms with E-state index >= 15 is 0 Å². The van der Waals surface area contributed by atoms with Gasteiger partial charge in [0.1, 0.15) is 12.4 Å². The minimum atomic E-state index is 0.512. The molecule has 0 saturated heterocycles. The molecule has 0 radical (unpaired) electrons. The Morgan fingerprint density at radius 2 is 0.443 bits per heavy atom. The van der Waals surface area contributed by atoms with Gasteiger partial charge in [0, 0.05) is 6.61 Å². The third kappa shape index (κ3) is 49.4. The molecule has 0 unspecified atom stereocenters. The largest absolute Gasteiger partial charge is 0.491 e. The van der Waals surface area contributed by atoms with E-state index in [-0.39, 0.29) is 0 Å². The second-order valence-corrected chi connectivity index (χ2v) is 14.8. The molecule has 0 aliphatic carbocycles. The van der Waals surface area contributed by atoms with Gasteiger partial charge in [0.2, 0.25) is 0 Å². The van der Waals surface area contributed by atoms with Gasteiger partial charge in [-0.05, 0) is 18.6 Å². The zero-order valence-corrected chi connectivity index (χ0v) is 38.7. The first-order valence-electron chi connectivity index (χ1n) is 24.0. The highest BCUT2D eigenvalue weighted by Crippen LogP contribution is 2.14. The summed E-state index contributed by atoms with van der Waals surface area (Å²) in [5.74, 6) is 0.845. The molecule has 0 heterocycles. The number of rotatable bonds is 54. The van der Waals surface area contributed by atoms with Crippen molar-refractivity contribution in [3.05, 3.63) is 30.3 Å². The summed E-state index contributed by atoms with van der Waals surface area (Å²) < 4.78 is 72.0. The first-order chi connectivity index (χ1) is 30.4. The van der Waals surface area contributed by atoms with Crippen LogP contribution in [0.25, 0.3) is 0 Å². The Hall–Kier alpha value is -1.46. The van der Waals surface area contributed by atoms with Crippen LogP contribution in [-0.4, -0.2) is 165 Å². The predicted molar refractivity (Wildman–Crippen MR) is 241 cm³/mol. The maximum Gasteiger partial charge on any atom is 0.119 e. The SMILES string of the molecule is CCCCCCCCCCCCCCCCCCOCCOCCOCCOCCOCCOCCOCCOCCOCCOCCOCCOCCOc1ccccc1. The second-order valence-electron chi connectivity index (χ2n) is 14.8. The molecular formula is C48H90O13. The number of para-hydroxylation sites is 1. The Labute approximate surface area is 371 Å². The van der Waals surface area contributed by atoms with Crippen LogP contribution < -0.4 is 4.74 Å². The van der Waals surface area contributed by atoms with Gasteiger partial charge in [0.25, 0.3) is 0 Å². The van der Waals surface area contributed by atoms with Crippen molar-refractivity contribution in [2.24, 2.45) is 0 Å². The van der Waals surface area contributed by atoms with Gasteiger partial charge >= 0.3 is 0 Å². The molecule has 13 nitrogen and oxygen atoms in total. The Kier molecular flexibility index (Phi) is 49.9. The summed E-state index contributed by atoms with van der Waals surface area (Å²) in [4.78, 5) is 0. The highest BCUT2D eigenvalue weighted by atomic mass is 16.6. The first kappa shape index (κ1) is 57.6. The topological polar surface area (TPSA) is 120 Å². The Morgan fingerprint density at radius 1 is 0.230 bits per heavy atom. The summed E-state index contributed by atoms with van der Waals surface area (Å²) >= 11 is 0. The molecule has 61 heavy (non-hydrogen) atoms. The molecule has 0 saturated carbocycles. The van der Waals surface area contributed by atoms with Crippen molar-refractivity contribution in [3.63, 3.8) is 0 Å². The lowest BCUT2D eigenvalue weighted by atomic mass is 10.0. The molecule has 0 bridgehead atoms. The molecule has 0 spiro atoms. The van der Waals surface area contributed by atoms with Crippen LogP contribution in [0.3, 0.4) is 0 Å². The van der Waals surface area contributed by atoms with E-state index in [1.807, 2.05) is 30.3 Å². The van der Waals surface area contributed by atoms with Crippen molar-refractivity contribution in [2.75, 3.05) is 165 Å². The number of hydrogen-bond acceptors (Lipinski definition) is 13. The third-order valence-corrected chi connectivity index (χ3v) is 9.47. The van der Waals surface area contributed by atoms with Crippen molar-refractivity contribution in [1.82, 2.24) is 0 Å². The van der Waals surface area contributed by atoms with E-state index in [9.17, 15) is 0 Å². The molecule has 0 N–H and O–H groups in total. The molecule has 13 heteroatoms. The summed E-state index contributed by atoms with van der Waals surface area (Å²) in [6, 6.07) is 9.69. The van der Waals surface area contributed by atoms with Crippen molar-refractivity contribution in [2.45, 2.75) is 110 Å². The molecule has 0 atom stereocenters. The van der Waals surface area contributed by atoms with Crippen molar-refractivity contribution < 1.29 is 61.6 Å². The van der Waals surface area contributed by atoms with Crippen LogP contribution in [0.5, 0.6) is 5.75 Å².